The van der Waals surface area contributed by atoms with Crippen LogP contribution < -0.4 is 5.73 Å². The first-order chi connectivity index (χ1) is 6.68. The van der Waals surface area contributed by atoms with Gasteiger partial charge in [0.25, 0.3) is 0 Å². The third kappa shape index (κ3) is 1.78. The lowest BCUT2D eigenvalue weighted by molar-refractivity contribution is 0.185. The fourth-order valence-electron chi connectivity index (χ4n) is 2.11. The van der Waals surface area contributed by atoms with Crippen LogP contribution in [0.15, 0.2) is 4.99 Å². The number of rotatable bonds is 1. The topological polar surface area (TPSA) is 58.7 Å². The Morgan fingerprint density at radius 1 is 1.43 bits per heavy atom. The average Bonchev–Trinajstić information content (AvgIpc) is 2.64. The fourth-order valence-corrected chi connectivity index (χ4v) is 2.52. The zero-order chi connectivity index (χ0) is 10.1. The quantitative estimate of drug-likeness (QED) is 0.726. The van der Waals surface area contributed by atoms with E-state index < -0.39 is 0 Å². The Bertz CT molecular complexity index is 273. The molecule has 1 heterocycles. The van der Waals surface area contributed by atoms with E-state index in [1.165, 1.54) is 12.8 Å². The minimum Gasteiger partial charge on any atom is -0.386 e. The molecule has 1 saturated carbocycles. The van der Waals surface area contributed by atoms with Crippen molar-refractivity contribution in [1.82, 2.24) is 4.90 Å². The van der Waals surface area contributed by atoms with Gasteiger partial charge < -0.3 is 10.6 Å². The van der Waals surface area contributed by atoms with Crippen LogP contribution in [0.3, 0.4) is 0 Å². The van der Waals surface area contributed by atoms with Gasteiger partial charge in [-0.2, -0.15) is 4.99 Å². The highest BCUT2D eigenvalue weighted by Crippen LogP contribution is 2.26. The summed E-state index contributed by atoms with van der Waals surface area (Å²) < 4.78 is 0. The van der Waals surface area contributed by atoms with Crippen molar-refractivity contribution < 1.29 is 4.79 Å². The molecule has 0 aromatic rings. The van der Waals surface area contributed by atoms with E-state index in [0.29, 0.717) is 18.4 Å². The molecule has 2 aliphatic rings. The maximum atomic E-state index is 11.6. The maximum Gasteiger partial charge on any atom is 0.345 e. The molecule has 0 saturated heterocycles. The molecule has 0 radical (unpaired) electrons. The van der Waals surface area contributed by atoms with Crippen molar-refractivity contribution in [2.75, 3.05) is 6.54 Å². The largest absolute Gasteiger partial charge is 0.386 e. The SMILES string of the molecule is NC1=NC(=O)N(C2CCCC2)CC1Br. The Morgan fingerprint density at radius 3 is 2.71 bits per heavy atom. The van der Waals surface area contributed by atoms with E-state index >= 15 is 0 Å². The zero-order valence-corrected chi connectivity index (χ0v) is 9.53. The molecule has 0 spiro atoms. The van der Waals surface area contributed by atoms with Crippen LogP contribution in [0, 0.1) is 0 Å². The average molecular weight is 260 g/mol. The molecule has 2 amide bonds. The van der Waals surface area contributed by atoms with Gasteiger partial charge in [-0.1, -0.05) is 28.8 Å². The first kappa shape index (κ1) is 9.96. The molecule has 1 atom stereocenters. The van der Waals surface area contributed by atoms with E-state index in [9.17, 15) is 4.79 Å². The van der Waals surface area contributed by atoms with Gasteiger partial charge in [-0.25, -0.2) is 4.79 Å². The Morgan fingerprint density at radius 2 is 2.07 bits per heavy atom. The van der Waals surface area contributed by atoms with Gasteiger partial charge in [0.2, 0.25) is 0 Å². The molecule has 4 nitrogen and oxygen atoms in total. The van der Waals surface area contributed by atoms with Crippen molar-refractivity contribution in [2.45, 2.75) is 36.6 Å². The van der Waals surface area contributed by atoms with Crippen LogP contribution >= 0.6 is 15.9 Å². The fraction of sp³-hybridized carbons (Fsp3) is 0.778. The summed E-state index contributed by atoms with van der Waals surface area (Å²) in [6.45, 7) is 0.666. The van der Waals surface area contributed by atoms with E-state index in [4.69, 9.17) is 5.73 Å². The number of nitrogens with zero attached hydrogens (tertiary/aromatic N) is 2. The lowest BCUT2D eigenvalue weighted by Crippen LogP contribution is -2.48. The number of aliphatic imine (C=N–C) groups is 1. The first-order valence-electron chi connectivity index (χ1n) is 4.97. The van der Waals surface area contributed by atoms with Gasteiger partial charge >= 0.3 is 6.03 Å². The number of hydrogen-bond donors (Lipinski definition) is 1. The third-order valence-corrected chi connectivity index (χ3v) is 3.67. The summed E-state index contributed by atoms with van der Waals surface area (Å²) in [4.78, 5) is 17.3. The lowest BCUT2D eigenvalue weighted by atomic mass is 10.2. The predicted octanol–water partition coefficient (Wildman–Crippen LogP) is 1.49. The molecule has 78 valence electrons. The second-order valence-electron chi connectivity index (χ2n) is 3.88. The molecular formula is C9H14BrN3O. The number of urea groups is 1. The van der Waals surface area contributed by atoms with Crippen molar-refractivity contribution >= 4 is 27.8 Å². The van der Waals surface area contributed by atoms with Crippen molar-refractivity contribution in [1.29, 1.82) is 0 Å². The molecule has 5 heteroatoms. The van der Waals surface area contributed by atoms with Gasteiger partial charge in [-0.05, 0) is 12.8 Å². The van der Waals surface area contributed by atoms with E-state index in [1.54, 1.807) is 0 Å². The molecule has 2 N–H and O–H groups in total. The molecule has 0 aromatic heterocycles. The molecule has 1 aliphatic carbocycles. The highest BCUT2D eigenvalue weighted by molar-refractivity contribution is 9.10. The van der Waals surface area contributed by atoms with Crippen LogP contribution in [0.4, 0.5) is 4.79 Å². The second kappa shape index (κ2) is 3.88. The van der Waals surface area contributed by atoms with Gasteiger partial charge in [-0.3, -0.25) is 0 Å². The summed E-state index contributed by atoms with van der Waals surface area (Å²) in [7, 11) is 0. The highest BCUT2D eigenvalue weighted by atomic mass is 79.9. The smallest absolute Gasteiger partial charge is 0.345 e. The molecule has 1 aliphatic heterocycles. The molecule has 14 heavy (non-hydrogen) atoms. The summed E-state index contributed by atoms with van der Waals surface area (Å²) in [5.74, 6) is 0.407. The Balaban J connectivity index is 2.10. The Kier molecular flexibility index (Phi) is 2.76. The van der Waals surface area contributed by atoms with Crippen molar-refractivity contribution in [3.63, 3.8) is 0 Å². The minimum atomic E-state index is -0.162. The maximum absolute atomic E-state index is 11.6. The van der Waals surface area contributed by atoms with Crippen LogP contribution in [0.25, 0.3) is 0 Å². The Labute approximate surface area is 91.7 Å². The van der Waals surface area contributed by atoms with Crippen LogP contribution in [-0.4, -0.2) is 34.2 Å². The normalized spacial score (nSPS) is 29.5. The summed E-state index contributed by atoms with van der Waals surface area (Å²) >= 11 is 3.42. The van der Waals surface area contributed by atoms with Crippen LogP contribution in [-0.2, 0) is 0 Å². The molecule has 0 bridgehead atoms. The third-order valence-electron chi connectivity index (χ3n) is 2.91. The number of carbonyl (C=O) groups is 1. The van der Waals surface area contributed by atoms with Crippen molar-refractivity contribution in [3.8, 4) is 0 Å². The number of carbonyl (C=O) groups excluding carboxylic acids is 1. The summed E-state index contributed by atoms with van der Waals surface area (Å²) in [6, 6.07) is 0.226. The number of amides is 2. The standard InChI is InChI=1S/C9H14BrN3O/c10-7-5-13(6-3-1-2-4-6)9(14)12-8(7)11/h6-7H,1-5H2,(H2,11,12,14). The van der Waals surface area contributed by atoms with Gasteiger partial charge in [0.1, 0.15) is 5.84 Å². The van der Waals surface area contributed by atoms with E-state index in [1.807, 2.05) is 4.90 Å². The number of nitrogens with two attached hydrogens (primary N) is 1. The van der Waals surface area contributed by atoms with Gasteiger partial charge in [0.05, 0.1) is 4.83 Å². The van der Waals surface area contributed by atoms with Crippen molar-refractivity contribution in [2.24, 2.45) is 10.7 Å². The summed E-state index contributed by atoms with van der Waals surface area (Å²) in [5, 5.41) is 0. The first-order valence-corrected chi connectivity index (χ1v) is 5.89. The second-order valence-corrected chi connectivity index (χ2v) is 4.98. The van der Waals surface area contributed by atoms with Crippen LogP contribution in [0.2, 0.25) is 0 Å². The number of alkyl halides is 1. The van der Waals surface area contributed by atoms with Crippen molar-refractivity contribution in [3.05, 3.63) is 0 Å². The molecule has 2 rings (SSSR count). The molecular weight excluding hydrogens is 246 g/mol. The predicted molar refractivity (Wildman–Crippen MR) is 58.7 cm³/mol. The number of amidine groups is 1. The van der Waals surface area contributed by atoms with E-state index in [2.05, 4.69) is 20.9 Å². The van der Waals surface area contributed by atoms with Crippen LogP contribution in [0.5, 0.6) is 0 Å². The molecule has 0 aromatic carbocycles. The summed E-state index contributed by atoms with van der Waals surface area (Å²) in [6.07, 6.45) is 4.67. The number of halogens is 1. The van der Waals surface area contributed by atoms with Gasteiger partial charge in [0, 0.05) is 12.6 Å². The number of hydrogen-bond acceptors (Lipinski definition) is 2. The zero-order valence-electron chi connectivity index (χ0n) is 7.95. The van der Waals surface area contributed by atoms with E-state index in [-0.39, 0.29) is 10.9 Å². The monoisotopic (exact) mass is 259 g/mol. The molecule has 1 unspecified atom stereocenters. The molecule has 1 fully saturated rings. The highest BCUT2D eigenvalue weighted by Gasteiger charge is 2.32. The minimum absolute atomic E-state index is 0.0285. The van der Waals surface area contributed by atoms with Crippen LogP contribution in [0.1, 0.15) is 25.7 Å². The van der Waals surface area contributed by atoms with E-state index in [0.717, 1.165) is 12.8 Å². The van der Waals surface area contributed by atoms with Gasteiger partial charge in [0.15, 0.2) is 0 Å². The lowest BCUT2D eigenvalue weighted by Gasteiger charge is -2.32. The Hall–Kier alpha value is -0.580. The van der Waals surface area contributed by atoms with Gasteiger partial charge in [-0.15, -0.1) is 0 Å². The summed E-state index contributed by atoms with van der Waals surface area (Å²) in [5.41, 5.74) is 5.59.